The van der Waals surface area contributed by atoms with Crippen molar-refractivity contribution in [3.63, 3.8) is 0 Å². The second kappa shape index (κ2) is 8.66. The molecular formula is C31H48O2. The molecule has 2 heteroatoms. The lowest BCUT2D eigenvalue weighted by Crippen LogP contribution is -2.56. The van der Waals surface area contributed by atoms with Crippen molar-refractivity contribution in [3.8, 4) is 0 Å². The molecule has 4 aliphatic rings. The van der Waals surface area contributed by atoms with E-state index in [1.54, 1.807) is 0 Å². The zero-order valence-corrected chi connectivity index (χ0v) is 21.6. The minimum atomic E-state index is -0.400. The molecule has 10 atom stereocenters. The highest BCUT2D eigenvalue weighted by atomic mass is 16.3. The van der Waals surface area contributed by atoms with Gasteiger partial charge in [0.2, 0.25) is 0 Å². The summed E-state index contributed by atoms with van der Waals surface area (Å²) in [5.41, 5.74) is 1.68. The molecule has 4 saturated carbocycles. The molecule has 2 nitrogen and oxygen atoms in total. The van der Waals surface area contributed by atoms with Gasteiger partial charge in [0.05, 0.1) is 11.7 Å². The number of hydrogen-bond donors (Lipinski definition) is 2. The number of aliphatic hydroxyl groups is 2. The fourth-order valence-corrected chi connectivity index (χ4v) is 9.86. The van der Waals surface area contributed by atoms with Crippen LogP contribution in [0.3, 0.4) is 0 Å². The first-order valence-corrected chi connectivity index (χ1v) is 14.1. The van der Waals surface area contributed by atoms with Crippen LogP contribution in [0, 0.1) is 46.3 Å². The fraction of sp³-hybridized carbons (Fsp3) is 0.806. The Morgan fingerprint density at radius 1 is 0.909 bits per heavy atom. The SMILES string of the molecule is CC[C@]1(O)CC[C@@]2(C)C(CC[C@H]3[C@@H]4CC[C@H]([C@H](C)[C@H](O)Cc5ccccc5)[C@@]4(C)CC[C@@H]32)C1. The molecule has 0 heterocycles. The summed E-state index contributed by atoms with van der Waals surface area (Å²) in [7, 11) is 0. The summed E-state index contributed by atoms with van der Waals surface area (Å²) < 4.78 is 0. The van der Waals surface area contributed by atoms with Crippen molar-refractivity contribution < 1.29 is 10.2 Å². The maximum atomic E-state index is 11.2. The molecule has 0 amide bonds. The Bertz CT molecular complexity index is 821. The van der Waals surface area contributed by atoms with Crippen LogP contribution in [0.15, 0.2) is 30.3 Å². The number of benzene rings is 1. The van der Waals surface area contributed by atoms with E-state index in [0.717, 1.165) is 43.4 Å². The summed E-state index contributed by atoms with van der Waals surface area (Å²) in [6.45, 7) is 9.71. The van der Waals surface area contributed by atoms with Crippen LogP contribution in [-0.4, -0.2) is 21.9 Å². The molecule has 1 unspecified atom stereocenters. The molecule has 0 aliphatic heterocycles. The minimum absolute atomic E-state index is 0.246. The first-order chi connectivity index (χ1) is 15.7. The van der Waals surface area contributed by atoms with Gasteiger partial charge in [0, 0.05) is 0 Å². The van der Waals surface area contributed by atoms with Crippen LogP contribution in [0.4, 0.5) is 0 Å². The molecule has 0 spiro atoms. The largest absolute Gasteiger partial charge is 0.392 e. The van der Waals surface area contributed by atoms with Gasteiger partial charge in [-0.25, -0.2) is 0 Å². The van der Waals surface area contributed by atoms with Crippen LogP contribution in [0.2, 0.25) is 0 Å². The fourth-order valence-electron chi connectivity index (χ4n) is 9.86. The van der Waals surface area contributed by atoms with Gasteiger partial charge in [-0.2, -0.15) is 0 Å². The average Bonchev–Trinajstić information content (AvgIpc) is 3.17. The van der Waals surface area contributed by atoms with Crippen LogP contribution in [0.1, 0.15) is 97.5 Å². The molecule has 0 aromatic heterocycles. The van der Waals surface area contributed by atoms with Gasteiger partial charge < -0.3 is 10.2 Å². The zero-order valence-electron chi connectivity index (χ0n) is 21.6. The van der Waals surface area contributed by atoms with E-state index >= 15 is 0 Å². The Balaban J connectivity index is 1.31. The topological polar surface area (TPSA) is 40.5 Å². The number of aliphatic hydroxyl groups excluding tert-OH is 1. The summed E-state index contributed by atoms with van der Waals surface area (Å²) in [5.74, 6) is 4.26. The van der Waals surface area contributed by atoms with Gasteiger partial charge in [-0.15, -0.1) is 0 Å². The van der Waals surface area contributed by atoms with E-state index in [-0.39, 0.29) is 6.10 Å². The lowest BCUT2D eigenvalue weighted by molar-refractivity contribution is -0.154. The highest BCUT2D eigenvalue weighted by Crippen LogP contribution is 2.69. The monoisotopic (exact) mass is 452 g/mol. The molecule has 5 rings (SSSR count). The first kappa shape index (κ1) is 23.9. The highest BCUT2D eigenvalue weighted by molar-refractivity contribution is 5.16. The van der Waals surface area contributed by atoms with Gasteiger partial charge in [-0.05, 0) is 123 Å². The number of fused-ring (bicyclic) bond motifs is 5. The van der Waals surface area contributed by atoms with Crippen molar-refractivity contribution in [3.05, 3.63) is 35.9 Å². The Morgan fingerprint density at radius 2 is 1.64 bits per heavy atom. The van der Waals surface area contributed by atoms with Crippen molar-refractivity contribution in [1.82, 2.24) is 0 Å². The Hall–Kier alpha value is -0.860. The van der Waals surface area contributed by atoms with Crippen LogP contribution in [0.5, 0.6) is 0 Å². The molecule has 2 N–H and O–H groups in total. The average molecular weight is 453 g/mol. The molecule has 4 aliphatic carbocycles. The predicted octanol–water partition coefficient (Wildman–Crippen LogP) is 7.03. The van der Waals surface area contributed by atoms with Gasteiger partial charge in [-0.1, -0.05) is 58.0 Å². The quantitative estimate of drug-likeness (QED) is 0.503. The van der Waals surface area contributed by atoms with E-state index in [4.69, 9.17) is 0 Å². The maximum Gasteiger partial charge on any atom is 0.0648 e. The van der Waals surface area contributed by atoms with Crippen molar-refractivity contribution in [1.29, 1.82) is 0 Å². The van der Waals surface area contributed by atoms with E-state index in [1.807, 2.05) is 0 Å². The minimum Gasteiger partial charge on any atom is -0.392 e. The Morgan fingerprint density at radius 3 is 2.36 bits per heavy atom. The Kier molecular flexibility index (Phi) is 6.26. The van der Waals surface area contributed by atoms with Gasteiger partial charge in [0.25, 0.3) is 0 Å². The molecule has 0 radical (unpaired) electrons. The van der Waals surface area contributed by atoms with E-state index in [2.05, 4.69) is 58.0 Å². The molecule has 33 heavy (non-hydrogen) atoms. The summed E-state index contributed by atoms with van der Waals surface area (Å²) in [6.07, 6.45) is 12.8. The molecule has 1 aromatic carbocycles. The molecule has 0 saturated heterocycles. The van der Waals surface area contributed by atoms with Gasteiger partial charge >= 0.3 is 0 Å². The van der Waals surface area contributed by atoms with Crippen molar-refractivity contribution in [2.75, 3.05) is 0 Å². The third kappa shape index (κ3) is 3.92. The Labute approximate surface area is 202 Å². The lowest BCUT2D eigenvalue weighted by atomic mass is 9.43. The van der Waals surface area contributed by atoms with Gasteiger partial charge in [0.1, 0.15) is 0 Å². The molecule has 1 aromatic rings. The smallest absolute Gasteiger partial charge is 0.0648 e. The normalized spacial score (nSPS) is 46.7. The lowest BCUT2D eigenvalue weighted by Gasteiger charge is -2.62. The maximum absolute atomic E-state index is 11.2. The molecular weight excluding hydrogens is 404 g/mol. The van der Waals surface area contributed by atoms with Crippen LogP contribution in [-0.2, 0) is 6.42 Å². The van der Waals surface area contributed by atoms with E-state index in [9.17, 15) is 10.2 Å². The molecule has 4 fully saturated rings. The molecule has 184 valence electrons. The predicted molar refractivity (Wildman–Crippen MR) is 136 cm³/mol. The number of rotatable bonds is 5. The summed E-state index contributed by atoms with van der Waals surface area (Å²) in [5, 5.41) is 22.3. The summed E-state index contributed by atoms with van der Waals surface area (Å²) in [6, 6.07) is 10.5. The summed E-state index contributed by atoms with van der Waals surface area (Å²) in [4.78, 5) is 0. The standard InChI is InChI=1S/C31H48O2/c1-5-31(33)18-17-29(3)23(20-31)11-12-24-26-14-13-25(30(26,4)16-15-27(24)29)21(2)28(32)19-22-9-7-6-8-10-22/h6-10,21,23-28,32-33H,5,11-20H2,1-4H3/t21-,23?,24-,25+,26-,27-,28+,29-,30+,31-/m0/s1. The van der Waals surface area contributed by atoms with E-state index in [0.29, 0.717) is 28.6 Å². The number of hydrogen-bond acceptors (Lipinski definition) is 2. The second-order valence-corrected chi connectivity index (χ2v) is 13.3. The van der Waals surface area contributed by atoms with E-state index < -0.39 is 5.60 Å². The van der Waals surface area contributed by atoms with Gasteiger partial charge in [-0.3, -0.25) is 0 Å². The van der Waals surface area contributed by atoms with E-state index in [1.165, 1.54) is 50.5 Å². The van der Waals surface area contributed by atoms with Gasteiger partial charge in [0.15, 0.2) is 0 Å². The third-order valence-corrected chi connectivity index (χ3v) is 12.1. The van der Waals surface area contributed by atoms with Crippen LogP contribution >= 0.6 is 0 Å². The second-order valence-electron chi connectivity index (χ2n) is 13.3. The molecule has 0 bridgehead atoms. The summed E-state index contributed by atoms with van der Waals surface area (Å²) >= 11 is 0. The van der Waals surface area contributed by atoms with Crippen molar-refractivity contribution in [2.45, 2.75) is 110 Å². The zero-order chi connectivity index (χ0) is 23.4. The van der Waals surface area contributed by atoms with Crippen LogP contribution < -0.4 is 0 Å². The highest BCUT2D eigenvalue weighted by Gasteiger charge is 2.61. The van der Waals surface area contributed by atoms with Crippen molar-refractivity contribution in [2.24, 2.45) is 46.3 Å². The van der Waals surface area contributed by atoms with Crippen molar-refractivity contribution >= 4 is 0 Å². The third-order valence-electron chi connectivity index (χ3n) is 12.1. The first-order valence-electron chi connectivity index (χ1n) is 14.1. The van der Waals surface area contributed by atoms with Crippen LogP contribution in [0.25, 0.3) is 0 Å².